The SMILES string of the molecule is Nc1ccc(Oc2cc(Cl)cc(Cl)c2)nc1N. The molecular formula is C11H9Cl2N3O. The monoisotopic (exact) mass is 269 g/mol. The van der Waals surface area contributed by atoms with Crippen molar-refractivity contribution in [3.63, 3.8) is 0 Å². The van der Waals surface area contributed by atoms with Gasteiger partial charge in [0.05, 0.1) is 5.69 Å². The number of hydrogen-bond donors (Lipinski definition) is 2. The summed E-state index contributed by atoms with van der Waals surface area (Å²) in [5, 5.41) is 0.965. The molecule has 2 rings (SSSR count). The summed E-state index contributed by atoms with van der Waals surface area (Å²) >= 11 is 11.7. The van der Waals surface area contributed by atoms with E-state index in [0.29, 0.717) is 27.4 Å². The normalized spacial score (nSPS) is 10.2. The van der Waals surface area contributed by atoms with Gasteiger partial charge in [-0.1, -0.05) is 23.2 Å². The number of nitrogen functional groups attached to an aromatic ring is 2. The zero-order valence-electron chi connectivity index (χ0n) is 8.65. The van der Waals surface area contributed by atoms with Crippen molar-refractivity contribution in [3.8, 4) is 11.6 Å². The van der Waals surface area contributed by atoms with Crippen molar-refractivity contribution in [1.29, 1.82) is 0 Å². The number of pyridine rings is 1. The summed E-state index contributed by atoms with van der Waals surface area (Å²) in [6, 6.07) is 8.09. The molecule has 0 radical (unpaired) electrons. The molecule has 0 amide bonds. The molecule has 1 heterocycles. The molecule has 0 aliphatic rings. The molecule has 0 unspecified atom stereocenters. The second kappa shape index (κ2) is 4.69. The van der Waals surface area contributed by atoms with Gasteiger partial charge in [0.15, 0.2) is 5.82 Å². The van der Waals surface area contributed by atoms with Crippen molar-refractivity contribution in [3.05, 3.63) is 40.4 Å². The Labute approximate surface area is 108 Å². The molecule has 6 heteroatoms. The van der Waals surface area contributed by atoms with Crippen LogP contribution in [0.15, 0.2) is 30.3 Å². The Morgan fingerprint density at radius 1 is 1.00 bits per heavy atom. The first-order chi connectivity index (χ1) is 8.04. The van der Waals surface area contributed by atoms with E-state index in [1.54, 1.807) is 30.3 Å². The van der Waals surface area contributed by atoms with Crippen LogP contribution in [0.2, 0.25) is 10.0 Å². The lowest BCUT2D eigenvalue weighted by Crippen LogP contribution is -1.98. The number of rotatable bonds is 2. The van der Waals surface area contributed by atoms with E-state index in [1.807, 2.05) is 0 Å². The fraction of sp³-hybridized carbons (Fsp3) is 0. The van der Waals surface area contributed by atoms with Crippen LogP contribution in [0.5, 0.6) is 11.6 Å². The molecule has 17 heavy (non-hydrogen) atoms. The molecule has 0 aliphatic carbocycles. The predicted octanol–water partition coefficient (Wildman–Crippen LogP) is 3.35. The maximum absolute atomic E-state index is 5.84. The van der Waals surface area contributed by atoms with Crippen molar-refractivity contribution in [2.45, 2.75) is 0 Å². The smallest absolute Gasteiger partial charge is 0.221 e. The summed E-state index contributed by atoms with van der Waals surface area (Å²) in [6.07, 6.45) is 0. The van der Waals surface area contributed by atoms with Gasteiger partial charge in [0.2, 0.25) is 5.88 Å². The lowest BCUT2D eigenvalue weighted by Gasteiger charge is -2.07. The summed E-state index contributed by atoms with van der Waals surface area (Å²) in [4.78, 5) is 3.97. The van der Waals surface area contributed by atoms with Crippen molar-refractivity contribution >= 4 is 34.7 Å². The molecule has 4 N–H and O–H groups in total. The Morgan fingerprint density at radius 3 is 2.24 bits per heavy atom. The predicted molar refractivity (Wildman–Crippen MR) is 69.6 cm³/mol. The van der Waals surface area contributed by atoms with E-state index >= 15 is 0 Å². The number of anilines is 2. The highest BCUT2D eigenvalue weighted by Gasteiger charge is 2.04. The second-order valence-electron chi connectivity index (χ2n) is 3.33. The van der Waals surface area contributed by atoms with Crippen LogP contribution in [0, 0.1) is 0 Å². The third-order valence-corrected chi connectivity index (χ3v) is 2.43. The fourth-order valence-corrected chi connectivity index (χ4v) is 1.74. The van der Waals surface area contributed by atoms with Gasteiger partial charge in [-0.15, -0.1) is 0 Å². The molecule has 0 saturated carbocycles. The highest BCUT2D eigenvalue weighted by molar-refractivity contribution is 6.34. The molecule has 2 aromatic rings. The van der Waals surface area contributed by atoms with Crippen LogP contribution in [-0.2, 0) is 0 Å². The Bertz CT molecular complexity index is 540. The van der Waals surface area contributed by atoms with Gasteiger partial charge < -0.3 is 16.2 Å². The molecule has 0 bridgehead atoms. The van der Waals surface area contributed by atoms with Gasteiger partial charge in [0.25, 0.3) is 0 Å². The van der Waals surface area contributed by atoms with Crippen molar-refractivity contribution in [1.82, 2.24) is 4.98 Å². The molecule has 88 valence electrons. The number of halogens is 2. The summed E-state index contributed by atoms with van der Waals surface area (Å²) in [5.41, 5.74) is 11.5. The number of aromatic nitrogens is 1. The molecule has 0 saturated heterocycles. The van der Waals surface area contributed by atoms with E-state index in [0.717, 1.165) is 0 Å². The van der Waals surface area contributed by atoms with Gasteiger partial charge in [-0.2, -0.15) is 4.98 Å². The maximum atomic E-state index is 5.84. The molecule has 1 aromatic carbocycles. The molecule has 0 spiro atoms. The van der Waals surface area contributed by atoms with Crippen molar-refractivity contribution < 1.29 is 4.74 Å². The van der Waals surface area contributed by atoms with Gasteiger partial charge in [-0.25, -0.2) is 0 Å². The first kappa shape index (κ1) is 11.8. The Morgan fingerprint density at radius 2 is 1.65 bits per heavy atom. The molecular weight excluding hydrogens is 261 g/mol. The van der Waals surface area contributed by atoms with Crippen LogP contribution in [0.4, 0.5) is 11.5 Å². The number of benzene rings is 1. The Kier molecular flexibility index (Phi) is 3.26. The first-order valence-electron chi connectivity index (χ1n) is 4.70. The highest BCUT2D eigenvalue weighted by atomic mass is 35.5. The summed E-state index contributed by atoms with van der Waals surface area (Å²) < 4.78 is 5.46. The summed E-state index contributed by atoms with van der Waals surface area (Å²) in [5.74, 6) is 1.03. The number of hydrogen-bond acceptors (Lipinski definition) is 4. The minimum Gasteiger partial charge on any atom is -0.439 e. The Hall–Kier alpha value is -1.65. The van der Waals surface area contributed by atoms with Crippen LogP contribution < -0.4 is 16.2 Å². The van der Waals surface area contributed by atoms with Crippen LogP contribution in [0.25, 0.3) is 0 Å². The largest absolute Gasteiger partial charge is 0.439 e. The van der Waals surface area contributed by atoms with E-state index in [4.69, 9.17) is 39.4 Å². The van der Waals surface area contributed by atoms with Crippen molar-refractivity contribution in [2.24, 2.45) is 0 Å². The van der Waals surface area contributed by atoms with E-state index in [-0.39, 0.29) is 5.82 Å². The molecule has 0 fully saturated rings. The minimum atomic E-state index is 0.218. The van der Waals surface area contributed by atoms with Crippen LogP contribution >= 0.6 is 23.2 Å². The number of ether oxygens (including phenoxy) is 1. The lowest BCUT2D eigenvalue weighted by molar-refractivity contribution is 0.464. The standard InChI is InChI=1S/C11H9Cl2N3O/c12-6-3-7(13)5-8(4-6)17-10-2-1-9(14)11(15)16-10/h1-5H,14H2,(H2,15,16). The zero-order valence-corrected chi connectivity index (χ0v) is 10.2. The summed E-state index contributed by atoms with van der Waals surface area (Å²) in [7, 11) is 0. The van der Waals surface area contributed by atoms with Crippen molar-refractivity contribution in [2.75, 3.05) is 11.5 Å². The number of nitrogens with two attached hydrogens (primary N) is 2. The van der Waals surface area contributed by atoms with E-state index < -0.39 is 0 Å². The quantitative estimate of drug-likeness (QED) is 0.877. The summed E-state index contributed by atoms with van der Waals surface area (Å²) in [6.45, 7) is 0. The second-order valence-corrected chi connectivity index (χ2v) is 4.20. The zero-order chi connectivity index (χ0) is 12.4. The maximum Gasteiger partial charge on any atom is 0.221 e. The average Bonchev–Trinajstić information content (AvgIpc) is 2.22. The molecule has 1 aromatic heterocycles. The molecule has 0 atom stereocenters. The fourth-order valence-electron chi connectivity index (χ4n) is 1.23. The van der Waals surface area contributed by atoms with Gasteiger partial charge in [-0.3, -0.25) is 0 Å². The van der Waals surface area contributed by atoms with E-state index in [9.17, 15) is 0 Å². The highest BCUT2D eigenvalue weighted by Crippen LogP contribution is 2.28. The van der Waals surface area contributed by atoms with Gasteiger partial charge in [-0.05, 0) is 24.3 Å². The Balaban J connectivity index is 2.28. The lowest BCUT2D eigenvalue weighted by atomic mass is 10.3. The number of nitrogens with zero attached hydrogens (tertiary/aromatic N) is 1. The van der Waals surface area contributed by atoms with Crippen LogP contribution in [0.1, 0.15) is 0 Å². The van der Waals surface area contributed by atoms with E-state index in [2.05, 4.69) is 4.98 Å². The average molecular weight is 270 g/mol. The van der Waals surface area contributed by atoms with Gasteiger partial charge in [0.1, 0.15) is 5.75 Å². The minimum absolute atomic E-state index is 0.218. The van der Waals surface area contributed by atoms with Gasteiger partial charge in [0, 0.05) is 16.1 Å². The van der Waals surface area contributed by atoms with Crippen LogP contribution in [0.3, 0.4) is 0 Å². The first-order valence-corrected chi connectivity index (χ1v) is 5.46. The third-order valence-electron chi connectivity index (χ3n) is 1.99. The topological polar surface area (TPSA) is 74.2 Å². The molecule has 0 aliphatic heterocycles. The molecule has 4 nitrogen and oxygen atoms in total. The van der Waals surface area contributed by atoms with E-state index in [1.165, 1.54) is 0 Å². The van der Waals surface area contributed by atoms with Crippen LogP contribution in [-0.4, -0.2) is 4.98 Å². The third kappa shape index (κ3) is 2.93. The van der Waals surface area contributed by atoms with Gasteiger partial charge >= 0.3 is 0 Å².